The highest BCUT2D eigenvalue weighted by Gasteiger charge is 2.27. The van der Waals surface area contributed by atoms with Crippen molar-refractivity contribution in [2.75, 3.05) is 0 Å². The molecule has 35 heavy (non-hydrogen) atoms. The molecule has 184 valence electrons. The van der Waals surface area contributed by atoms with Crippen LogP contribution in [0.25, 0.3) is 10.9 Å². The molecule has 1 aromatic heterocycles. The van der Waals surface area contributed by atoms with E-state index in [0.717, 1.165) is 33.2 Å². The van der Waals surface area contributed by atoms with Crippen molar-refractivity contribution < 1.29 is 13.5 Å². The molecule has 0 atom stereocenters. The molecule has 0 unspecified atom stereocenters. The summed E-state index contributed by atoms with van der Waals surface area (Å²) in [5, 5.41) is 12.0. The molecule has 4 nitrogen and oxygen atoms in total. The molecule has 0 bridgehead atoms. The largest absolute Gasteiger partial charge is 0.507 e. The molecule has 0 fully saturated rings. The van der Waals surface area contributed by atoms with Gasteiger partial charge in [-0.25, -0.2) is 12.4 Å². The highest BCUT2D eigenvalue weighted by Crippen LogP contribution is 2.40. The van der Waals surface area contributed by atoms with Gasteiger partial charge in [0, 0.05) is 11.6 Å². The molecule has 0 aliphatic carbocycles. The smallest absolute Gasteiger partial charge is 0.268 e. The van der Waals surface area contributed by atoms with E-state index < -0.39 is 10.0 Å². The van der Waals surface area contributed by atoms with Crippen molar-refractivity contribution in [2.24, 2.45) is 0 Å². The van der Waals surface area contributed by atoms with Crippen molar-refractivity contribution in [1.82, 2.24) is 3.97 Å². The highest BCUT2D eigenvalue weighted by atomic mass is 32.2. The van der Waals surface area contributed by atoms with E-state index in [1.807, 2.05) is 43.3 Å². The minimum atomic E-state index is -3.75. The van der Waals surface area contributed by atoms with E-state index in [4.69, 9.17) is 0 Å². The van der Waals surface area contributed by atoms with Gasteiger partial charge in [-0.1, -0.05) is 89.6 Å². The number of fused-ring (bicyclic) bond motifs is 1. The van der Waals surface area contributed by atoms with Crippen molar-refractivity contribution in [3.8, 4) is 5.75 Å². The topological polar surface area (TPSA) is 59.3 Å². The van der Waals surface area contributed by atoms with Crippen molar-refractivity contribution in [3.05, 3.63) is 94.7 Å². The summed E-state index contributed by atoms with van der Waals surface area (Å²) < 4.78 is 28.5. The Morgan fingerprint density at radius 1 is 0.829 bits per heavy atom. The molecule has 1 heterocycles. The summed E-state index contributed by atoms with van der Waals surface area (Å²) in [5.74, 6) is 0.345. The van der Waals surface area contributed by atoms with Crippen LogP contribution in [0.1, 0.15) is 69.4 Å². The summed E-state index contributed by atoms with van der Waals surface area (Å²) in [6.07, 6.45) is 2.31. The van der Waals surface area contributed by atoms with Gasteiger partial charge in [-0.2, -0.15) is 0 Å². The zero-order chi connectivity index (χ0) is 25.8. The third-order valence-electron chi connectivity index (χ3n) is 6.52. The molecule has 1 N–H and O–H groups in total. The predicted molar refractivity (Wildman–Crippen MR) is 144 cm³/mol. The SMILES string of the molecule is Cc1ccc(S(=O)(=O)n2cc(Cc3cc(C(C)(C)C)c(O)c(C(C)(C)C)c3)c3ccccc32)cc1. The van der Waals surface area contributed by atoms with E-state index in [1.165, 1.54) is 3.97 Å². The average Bonchev–Trinajstić information content (AvgIpc) is 3.13. The summed E-state index contributed by atoms with van der Waals surface area (Å²) in [6.45, 7) is 14.5. The van der Waals surface area contributed by atoms with Gasteiger partial charge in [-0.05, 0) is 64.6 Å². The third kappa shape index (κ3) is 4.74. The lowest BCUT2D eigenvalue weighted by atomic mass is 9.78. The number of aromatic nitrogens is 1. The van der Waals surface area contributed by atoms with Crippen LogP contribution >= 0.6 is 0 Å². The number of phenols is 1. The first kappa shape index (κ1) is 25.1. The quantitative estimate of drug-likeness (QED) is 0.333. The lowest BCUT2D eigenvalue weighted by molar-refractivity contribution is 0.423. The Kier molecular flexibility index (Phi) is 6.13. The zero-order valence-corrected chi connectivity index (χ0v) is 22.5. The van der Waals surface area contributed by atoms with Gasteiger partial charge in [-0.15, -0.1) is 0 Å². The Hall–Kier alpha value is -3.05. The number of hydrogen-bond acceptors (Lipinski definition) is 3. The lowest BCUT2D eigenvalue weighted by Crippen LogP contribution is -2.18. The van der Waals surface area contributed by atoms with Gasteiger partial charge in [0.25, 0.3) is 10.0 Å². The summed E-state index contributed by atoms with van der Waals surface area (Å²) in [6, 6.07) is 18.7. The Labute approximate surface area is 209 Å². The van der Waals surface area contributed by atoms with E-state index in [0.29, 0.717) is 17.7 Å². The molecule has 0 spiro atoms. The molecule has 5 heteroatoms. The number of benzene rings is 3. The minimum Gasteiger partial charge on any atom is -0.507 e. The van der Waals surface area contributed by atoms with Crippen LogP contribution in [0.2, 0.25) is 0 Å². The summed E-state index contributed by atoms with van der Waals surface area (Å²) in [5.41, 5.74) is 4.99. The second-order valence-corrected chi connectivity index (χ2v) is 13.3. The number of phenolic OH excluding ortho intramolecular Hbond substituents is 1. The third-order valence-corrected chi connectivity index (χ3v) is 8.21. The maximum Gasteiger partial charge on any atom is 0.268 e. The Balaban J connectivity index is 1.88. The maximum atomic E-state index is 13.6. The molecular formula is C30H35NO3S. The first-order chi connectivity index (χ1) is 16.2. The van der Waals surface area contributed by atoms with E-state index in [-0.39, 0.29) is 15.7 Å². The Morgan fingerprint density at radius 2 is 1.37 bits per heavy atom. The minimum absolute atomic E-state index is 0.233. The molecule has 0 aliphatic heterocycles. The average molecular weight is 490 g/mol. The molecule has 0 saturated carbocycles. The molecule has 0 amide bonds. The zero-order valence-electron chi connectivity index (χ0n) is 21.7. The summed E-state index contributed by atoms with van der Waals surface area (Å²) >= 11 is 0. The van der Waals surface area contributed by atoms with Crippen LogP contribution < -0.4 is 0 Å². The molecule has 0 saturated heterocycles. The van der Waals surface area contributed by atoms with Crippen LogP contribution in [-0.4, -0.2) is 17.5 Å². The first-order valence-electron chi connectivity index (χ1n) is 12.0. The highest BCUT2D eigenvalue weighted by molar-refractivity contribution is 7.90. The van der Waals surface area contributed by atoms with Crippen LogP contribution in [0, 0.1) is 6.92 Å². The fourth-order valence-corrected chi connectivity index (χ4v) is 5.93. The van der Waals surface area contributed by atoms with Crippen molar-refractivity contribution in [3.63, 3.8) is 0 Å². The Morgan fingerprint density at radius 3 is 1.91 bits per heavy atom. The summed E-state index contributed by atoms with van der Waals surface area (Å²) in [7, 11) is -3.75. The molecule has 0 radical (unpaired) electrons. The van der Waals surface area contributed by atoms with Gasteiger partial charge in [-0.3, -0.25) is 0 Å². The molecular weight excluding hydrogens is 454 g/mol. The summed E-state index contributed by atoms with van der Waals surface area (Å²) in [4.78, 5) is 0.269. The predicted octanol–water partition coefficient (Wildman–Crippen LogP) is 7.08. The Bertz CT molecular complexity index is 1460. The van der Waals surface area contributed by atoms with E-state index >= 15 is 0 Å². The molecule has 0 aliphatic rings. The number of rotatable bonds is 4. The van der Waals surface area contributed by atoms with E-state index in [9.17, 15) is 13.5 Å². The number of para-hydroxylation sites is 1. The fraction of sp³-hybridized carbons (Fsp3) is 0.333. The van der Waals surface area contributed by atoms with Crippen LogP contribution in [0.5, 0.6) is 5.75 Å². The number of nitrogens with zero attached hydrogens (tertiary/aromatic N) is 1. The van der Waals surface area contributed by atoms with Crippen molar-refractivity contribution >= 4 is 20.9 Å². The van der Waals surface area contributed by atoms with Crippen LogP contribution in [0.4, 0.5) is 0 Å². The van der Waals surface area contributed by atoms with Gasteiger partial charge < -0.3 is 5.11 Å². The van der Waals surface area contributed by atoms with Gasteiger partial charge >= 0.3 is 0 Å². The maximum absolute atomic E-state index is 13.6. The van der Waals surface area contributed by atoms with Crippen LogP contribution in [0.15, 0.2) is 71.8 Å². The molecule has 4 aromatic rings. The van der Waals surface area contributed by atoms with Gasteiger partial charge in [0.05, 0.1) is 10.4 Å². The van der Waals surface area contributed by atoms with Crippen molar-refractivity contribution in [1.29, 1.82) is 0 Å². The first-order valence-corrected chi connectivity index (χ1v) is 13.4. The normalized spacial score (nSPS) is 12.9. The monoisotopic (exact) mass is 489 g/mol. The second kappa shape index (κ2) is 8.56. The number of hydrogen-bond donors (Lipinski definition) is 1. The van der Waals surface area contributed by atoms with E-state index in [2.05, 4.69) is 53.7 Å². The number of aryl methyl sites for hydroxylation is 1. The van der Waals surface area contributed by atoms with Crippen molar-refractivity contribution in [2.45, 2.75) is 70.6 Å². The lowest BCUT2D eigenvalue weighted by Gasteiger charge is -2.28. The number of aromatic hydroxyl groups is 1. The molecule has 4 rings (SSSR count). The standard InChI is InChI=1S/C30H35NO3S/c1-20-12-14-23(15-13-20)35(33,34)31-19-22(24-10-8-9-11-27(24)31)16-21-17-25(29(2,3)4)28(32)26(18-21)30(5,6)7/h8-15,17-19,32H,16H2,1-7H3. The van der Waals surface area contributed by atoms with Gasteiger partial charge in [0.1, 0.15) is 5.75 Å². The van der Waals surface area contributed by atoms with Gasteiger partial charge in [0.15, 0.2) is 0 Å². The van der Waals surface area contributed by atoms with E-state index in [1.54, 1.807) is 18.3 Å². The fourth-order valence-electron chi connectivity index (χ4n) is 4.54. The van der Waals surface area contributed by atoms with Crippen LogP contribution in [0.3, 0.4) is 0 Å². The van der Waals surface area contributed by atoms with Crippen LogP contribution in [-0.2, 0) is 27.3 Å². The second-order valence-electron chi connectivity index (χ2n) is 11.5. The van der Waals surface area contributed by atoms with Gasteiger partial charge in [0.2, 0.25) is 0 Å². The molecule has 3 aromatic carbocycles.